The zero-order chi connectivity index (χ0) is 17.3. The summed E-state index contributed by atoms with van der Waals surface area (Å²) in [5.74, 6) is 0.886. The SMILES string of the molecule is Fc1ccc(CNc2cnnc(NCCCc3ccccc3)n2)cc1. The van der Waals surface area contributed by atoms with Crippen molar-refractivity contribution in [2.24, 2.45) is 0 Å². The largest absolute Gasteiger partial charge is 0.365 e. The fourth-order valence-corrected chi connectivity index (χ4v) is 2.40. The molecule has 3 aromatic rings. The minimum absolute atomic E-state index is 0.241. The smallest absolute Gasteiger partial charge is 0.244 e. The highest BCUT2D eigenvalue weighted by Gasteiger charge is 2.01. The highest BCUT2D eigenvalue weighted by molar-refractivity contribution is 5.37. The molecule has 0 saturated heterocycles. The molecule has 2 aromatic carbocycles. The third-order valence-electron chi connectivity index (χ3n) is 3.71. The molecule has 0 amide bonds. The van der Waals surface area contributed by atoms with Crippen LogP contribution in [-0.2, 0) is 13.0 Å². The van der Waals surface area contributed by atoms with Crippen molar-refractivity contribution in [2.45, 2.75) is 19.4 Å². The van der Waals surface area contributed by atoms with E-state index in [1.165, 1.54) is 17.7 Å². The number of benzene rings is 2. The summed E-state index contributed by atoms with van der Waals surface area (Å²) in [6.07, 6.45) is 3.56. The minimum atomic E-state index is -0.241. The lowest BCUT2D eigenvalue weighted by Crippen LogP contribution is -2.09. The van der Waals surface area contributed by atoms with Crippen LogP contribution in [0.3, 0.4) is 0 Å². The van der Waals surface area contributed by atoms with Gasteiger partial charge in [-0.1, -0.05) is 42.5 Å². The molecule has 0 radical (unpaired) electrons. The molecule has 0 saturated carbocycles. The number of nitrogens with one attached hydrogen (secondary N) is 2. The quantitative estimate of drug-likeness (QED) is 0.614. The van der Waals surface area contributed by atoms with Crippen LogP contribution in [0.2, 0.25) is 0 Å². The zero-order valence-electron chi connectivity index (χ0n) is 13.8. The van der Waals surface area contributed by atoms with Crippen LogP contribution >= 0.6 is 0 Å². The van der Waals surface area contributed by atoms with Gasteiger partial charge in [-0.15, -0.1) is 5.10 Å². The molecule has 0 aliphatic heterocycles. The lowest BCUT2D eigenvalue weighted by atomic mass is 10.1. The van der Waals surface area contributed by atoms with E-state index in [-0.39, 0.29) is 5.82 Å². The summed E-state index contributed by atoms with van der Waals surface area (Å²) in [6, 6.07) is 16.7. The number of rotatable bonds is 8. The number of nitrogens with zero attached hydrogens (tertiary/aromatic N) is 3. The maximum Gasteiger partial charge on any atom is 0.244 e. The van der Waals surface area contributed by atoms with Crippen molar-refractivity contribution in [3.63, 3.8) is 0 Å². The van der Waals surface area contributed by atoms with Crippen LogP contribution in [0.5, 0.6) is 0 Å². The summed E-state index contributed by atoms with van der Waals surface area (Å²) in [5.41, 5.74) is 2.29. The Morgan fingerprint density at radius 3 is 2.48 bits per heavy atom. The Morgan fingerprint density at radius 1 is 0.880 bits per heavy atom. The lowest BCUT2D eigenvalue weighted by Gasteiger charge is -2.08. The highest BCUT2D eigenvalue weighted by atomic mass is 19.1. The van der Waals surface area contributed by atoms with E-state index in [0.717, 1.165) is 24.9 Å². The highest BCUT2D eigenvalue weighted by Crippen LogP contribution is 2.08. The second kappa shape index (κ2) is 8.73. The summed E-state index contributed by atoms with van der Waals surface area (Å²) in [7, 11) is 0. The van der Waals surface area contributed by atoms with Gasteiger partial charge < -0.3 is 10.6 Å². The van der Waals surface area contributed by atoms with Crippen LogP contribution in [0.25, 0.3) is 0 Å². The third kappa shape index (κ3) is 5.53. The van der Waals surface area contributed by atoms with Crippen molar-refractivity contribution in [1.82, 2.24) is 15.2 Å². The maximum atomic E-state index is 12.9. The van der Waals surface area contributed by atoms with Gasteiger partial charge in [-0.3, -0.25) is 0 Å². The number of aromatic nitrogens is 3. The molecule has 0 aliphatic carbocycles. The van der Waals surface area contributed by atoms with Gasteiger partial charge in [0.15, 0.2) is 5.82 Å². The Kier molecular flexibility index (Phi) is 5.87. The molecule has 1 aromatic heterocycles. The molecule has 6 heteroatoms. The van der Waals surface area contributed by atoms with E-state index in [0.29, 0.717) is 18.3 Å². The fraction of sp³-hybridized carbons (Fsp3) is 0.211. The topological polar surface area (TPSA) is 62.7 Å². The molecule has 128 valence electrons. The lowest BCUT2D eigenvalue weighted by molar-refractivity contribution is 0.627. The van der Waals surface area contributed by atoms with Crippen LogP contribution in [-0.4, -0.2) is 21.7 Å². The molecule has 0 aliphatic rings. The van der Waals surface area contributed by atoms with Gasteiger partial charge in [0.1, 0.15) is 5.82 Å². The van der Waals surface area contributed by atoms with Gasteiger partial charge in [0.05, 0.1) is 6.20 Å². The van der Waals surface area contributed by atoms with Gasteiger partial charge in [-0.25, -0.2) is 4.39 Å². The van der Waals surface area contributed by atoms with Crippen LogP contribution in [0.1, 0.15) is 17.5 Å². The third-order valence-corrected chi connectivity index (χ3v) is 3.71. The van der Waals surface area contributed by atoms with E-state index in [4.69, 9.17) is 0 Å². The average Bonchev–Trinajstić information content (AvgIpc) is 2.66. The summed E-state index contributed by atoms with van der Waals surface area (Å²) in [5, 5.41) is 14.3. The van der Waals surface area contributed by atoms with Gasteiger partial charge in [-0.2, -0.15) is 10.1 Å². The Morgan fingerprint density at radius 2 is 1.68 bits per heavy atom. The van der Waals surface area contributed by atoms with Gasteiger partial charge >= 0.3 is 0 Å². The number of aryl methyl sites for hydroxylation is 1. The number of hydrogen-bond acceptors (Lipinski definition) is 5. The van der Waals surface area contributed by atoms with Gasteiger partial charge in [-0.05, 0) is 36.1 Å². The normalized spacial score (nSPS) is 10.4. The predicted molar refractivity (Wildman–Crippen MR) is 96.8 cm³/mol. The standard InChI is InChI=1S/C19H20FN5/c20-17-10-8-16(9-11-17)13-22-18-14-23-25-19(24-18)21-12-4-7-15-5-2-1-3-6-15/h1-3,5-6,8-11,14H,4,7,12-13H2,(H2,21,22,24,25). The van der Waals surface area contributed by atoms with Gasteiger partial charge in [0, 0.05) is 13.1 Å². The van der Waals surface area contributed by atoms with Gasteiger partial charge in [0.25, 0.3) is 0 Å². The van der Waals surface area contributed by atoms with Crippen LogP contribution in [0.15, 0.2) is 60.8 Å². The molecular weight excluding hydrogens is 317 g/mol. The Hall–Kier alpha value is -3.02. The summed E-state index contributed by atoms with van der Waals surface area (Å²) in [6.45, 7) is 1.32. The number of anilines is 2. The summed E-state index contributed by atoms with van der Waals surface area (Å²) in [4.78, 5) is 4.38. The first-order valence-electron chi connectivity index (χ1n) is 8.25. The van der Waals surface area contributed by atoms with E-state index < -0.39 is 0 Å². The van der Waals surface area contributed by atoms with E-state index in [2.05, 4.69) is 37.9 Å². The van der Waals surface area contributed by atoms with Crippen molar-refractivity contribution in [1.29, 1.82) is 0 Å². The van der Waals surface area contributed by atoms with Crippen LogP contribution in [0, 0.1) is 5.82 Å². The molecule has 25 heavy (non-hydrogen) atoms. The molecule has 0 spiro atoms. The second-order valence-corrected chi connectivity index (χ2v) is 5.66. The summed E-state index contributed by atoms with van der Waals surface area (Å²) >= 11 is 0. The molecule has 5 nitrogen and oxygen atoms in total. The van der Waals surface area contributed by atoms with Crippen molar-refractivity contribution >= 4 is 11.8 Å². The number of halogens is 1. The first-order valence-corrected chi connectivity index (χ1v) is 8.25. The molecule has 0 bridgehead atoms. The Labute approximate surface area is 146 Å². The molecular formula is C19H20FN5. The van der Waals surface area contributed by atoms with Crippen LogP contribution < -0.4 is 10.6 Å². The van der Waals surface area contributed by atoms with Gasteiger partial charge in [0.2, 0.25) is 5.95 Å². The molecule has 3 rings (SSSR count). The van der Waals surface area contributed by atoms with E-state index >= 15 is 0 Å². The molecule has 1 heterocycles. The first-order chi connectivity index (χ1) is 12.3. The number of hydrogen-bond donors (Lipinski definition) is 2. The molecule has 2 N–H and O–H groups in total. The first kappa shape index (κ1) is 16.8. The van der Waals surface area contributed by atoms with E-state index in [9.17, 15) is 4.39 Å². The van der Waals surface area contributed by atoms with Crippen LogP contribution in [0.4, 0.5) is 16.2 Å². The fourth-order valence-electron chi connectivity index (χ4n) is 2.40. The molecule has 0 atom stereocenters. The van der Waals surface area contributed by atoms with E-state index in [1.807, 2.05) is 18.2 Å². The average molecular weight is 337 g/mol. The second-order valence-electron chi connectivity index (χ2n) is 5.66. The monoisotopic (exact) mass is 337 g/mol. The molecule has 0 fully saturated rings. The maximum absolute atomic E-state index is 12.9. The van der Waals surface area contributed by atoms with E-state index in [1.54, 1.807) is 18.3 Å². The van der Waals surface area contributed by atoms with Crippen molar-refractivity contribution in [2.75, 3.05) is 17.2 Å². The zero-order valence-corrected chi connectivity index (χ0v) is 13.8. The van der Waals surface area contributed by atoms with Crippen molar-refractivity contribution < 1.29 is 4.39 Å². The van der Waals surface area contributed by atoms with Crippen molar-refractivity contribution in [3.8, 4) is 0 Å². The Bertz CT molecular complexity index is 777. The molecule has 0 unspecified atom stereocenters. The minimum Gasteiger partial charge on any atom is -0.365 e. The summed E-state index contributed by atoms with van der Waals surface area (Å²) < 4.78 is 12.9. The Balaban J connectivity index is 1.45. The predicted octanol–water partition coefficient (Wildman–Crippen LogP) is 3.67. The van der Waals surface area contributed by atoms with Crippen molar-refractivity contribution in [3.05, 3.63) is 77.7 Å².